The van der Waals surface area contributed by atoms with E-state index in [-0.39, 0.29) is 18.4 Å². The summed E-state index contributed by atoms with van der Waals surface area (Å²) in [5.41, 5.74) is 0.671. The average molecular weight is 373 g/mol. The van der Waals surface area contributed by atoms with Gasteiger partial charge in [-0.2, -0.15) is 0 Å². The molecule has 2 aliphatic heterocycles. The highest BCUT2D eigenvalue weighted by molar-refractivity contribution is 6.03. The third-order valence-corrected chi connectivity index (χ3v) is 5.52. The third kappa shape index (κ3) is 4.80. The number of fused-ring (bicyclic) bond motifs is 1. The molecule has 2 aliphatic rings. The van der Waals surface area contributed by atoms with Gasteiger partial charge in [-0.05, 0) is 51.3 Å². The van der Waals surface area contributed by atoms with E-state index < -0.39 is 6.10 Å². The summed E-state index contributed by atoms with van der Waals surface area (Å²) in [6, 6.07) is 8.04. The zero-order valence-electron chi connectivity index (χ0n) is 16.4. The number of hydrogen-bond donors (Lipinski definition) is 1. The quantitative estimate of drug-likeness (QED) is 0.746. The summed E-state index contributed by atoms with van der Waals surface area (Å²) < 4.78 is 5.75. The molecule has 0 spiro atoms. The lowest BCUT2D eigenvalue weighted by Gasteiger charge is -2.34. The highest BCUT2D eigenvalue weighted by Crippen LogP contribution is 2.34. The summed E-state index contributed by atoms with van der Waals surface area (Å²) in [5, 5.41) is 2.97. The van der Waals surface area contributed by atoms with Crippen molar-refractivity contribution in [3.05, 3.63) is 24.3 Å². The topological polar surface area (TPSA) is 61.9 Å². The Kier molecular flexibility index (Phi) is 6.72. The fraction of sp³-hybridized carbons (Fsp3) is 0.619. The van der Waals surface area contributed by atoms with E-state index in [4.69, 9.17) is 4.74 Å². The number of piperidine rings is 1. The van der Waals surface area contributed by atoms with Crippen LogP contribution in [0.3, 0.4) is 0 Å². The molecular formula is C21H31N3O3. The zero-order valence-corrected chi connectivity index (χ0v) is 16.4. The lowest BCUT2D eigenvalue weighted by Crippen LogP contribution is -2.49. The van der Waals surface area contributed by atoms with E-state index >= 15 is 0 Å². The van der Waals surface area contributed by atoms with Crippen LogP contribution in [0.4, 0.5) is 5.69 Å². The summed E-state index contributed by atoms with van der Waals surface area (Å²) >= 11 is 0. The first-order chi connectivity index (χ1) is 13.1. The zero-order chi connectivity index (χ0) is 19.2. The van der Waals surface area contributed by atoms with E-state index in [0.29, 0.717) is 30.4 Å². The number of carbonyl (C=O) groups is 2. The Morgan fingerprint density at radius 3 is 2.89 bits per heavy atom. The maximum atomic E-state index is 12.6. The Labute approximate surface area is 161 Å². The maximum Gasteiger partial charge on any atom is 0.268 e. The molecule has 2 atom stereocenters. The number of nitrogens with one attached hydrogen (secondary N) is 1. The number of carbonyl (C=O) groups excluding carboxylic acids is 2. The van der Waals surface area contributed by atoms with Crippen LogP contribution in [0.1, 0.15) is 46.0 Å². The van der Waals surface area contributed by atoms with Gasteiger partial charge in [-0.1, -0.05) is 25.5 Å². The molecule has 0 bridgehead atoms. The van der Waals surface area contributed by atoms with Crippen LogP contribution in [-0.2, 0) is 9.59 Å². The summed E-state index contributed by atoms with van der Waals surface area (Å²) in [6.07, 6.45) is 4.86. The Balaban J connectivity index is 1.50. The van der Waals surface area contributed by atoms with Crippen molar-refractivity contribution in [1.29, 1.82) is 0 Å². The minimum absolute atomic E-state index is 0.0375. The van der Waals surface area contributed by atoms with Crippen molar-refractivity contribution in [1.82, 2.24) is 10.2 Å². The van der Waals surface area contributed by atoms with Crippen LogP contribution in [0, 0.1) is 0 Å². The Morgan fingerprint density at radius 2 is 2.11 bits per heavy atom. The molecule has 1 fully saturated rings. The van der Waals surface area contributed by atoms with Crippen molar-refractivity contribution in [3.8, 4) is 5.75 Å². The van der Waals surface area contributed by atoms with Gasteiger partial charge >= 0.3 is 0 Å². The average Bonchev–Trinajstić information content (AvgIpc) is 2.68. The van der Waals surface area contributed by atoms with Crippen LogP contribution in [0.5, 0.6) is 5.75 Å². The molecule has 1 N–H and O–H groups in total. The first-order valence-corrected chi connectivity index (χ1v) is 10.2. The van der Waals surface area contributed by atoms with Crippen LogP contribution < -0.4 is 15.0 Å². The number of para-hydroxylation sites is 2. The van der Waals surface area contributed by atoms with Crippen molar-refractivity contribution in [3.63, 3.8) is 0 Å². The van der Waals surface area contributed by atoms with Crippen molar-refractivity contribution < 1.29 is 14.3 Å². The first-order valence-electron chi connectivity index (χ1n) is 10.2. The summed E-state index contributed by atoms with van der Waals surface area (Å²) in [5.74, 6) is 0.394. The molecule has 2 amide bonds. The Morgan fingerprint density at radius 1 is 1.30 bits per heavy atom. The molecule has 0 unspecified atom stereocenters. The molecule has 0 aromatic heterocycles. The molecule has 1 saturated heterocycles. The Bertz CT molecular complexity index is 664. The predicted molar refractivity (Wildman–Crippen MR) is 106 cm³/mol. The highest BCUT2D eigenvalue weighted by Gasteiger charge is 2.34. The summed E-state index contributed by atoms with van der Waals surface area (Å²) in [4.78, 5) is 29.1. The number of rotatable bonds is 7. The third-order valence-electron chi connectivity index (χ3n) is 5.52. The molecular weight excluding hydrogens is 342 g/mol. The monoisotopic (exact) mass is 373 g/mol. The van der Waals surface area contributed by atoms with Gasteiger partial charge in [-0.15, -0.1) is 0 Å². The van der Waals surface area contributed by atoms with Gasteiger partial charge in [-0.3, -0.25) is 14.5 Å². The maximum absolute atomic E-state index is 12.6. The molecule has 1 aromatic rings. The predicted octanol–water partition coefficient (Wildman–Crippen LogP) is 2.57. The number of ether oxygens (including phenoxy) is 1. The lowest BCUT2D eigenvalue weighted by molar-refractivity contribution is -0.129. The smallest absolute Gasteiger partial charge is 0.268 e. The normalized spacial score (nSPS) is 22.9. The number of hydrogen-bond acceptors (Lipinski definition) is 4. The van der Waals surface area contributed by atoms with Gasteiger partial charge in [-0.25, -0.2) is 0 Å². The SMILES string of the molecule is CC[C@@H]1Oc2ccccc2N(CC(=O)NCCCN2CCCC[C@H]2C)C1=O. The van der Waals surface area contributed by atoms with Gasteiger partial charge in [0.25, 0.3) is 5.91 Å². The molecule has 6 nitrogen and oxygen atoms in total. The van der Waals surface area contributed by atoms with Crippen molar-refractivity contribution in [2.75, 3.05) is 31.1 Å². The first kappa shape index (κ1) is 19.7. The number of likely N-dealkylation sites (tertiary alicyclic amines) is 1. The van der Waals surface area contributed by atoms with Crippen LogP contribution in [0.2, 0.25) is 0 Å². The second-order valence-corrected chi connectivity index (χ2v) is 7.49. The molecule has 27 heavy (non-hydrogen) atoms. The van der Waals surface area contributed by atoms with E-state index in [1.54, 1.807) is 4.90 Å². The van der Waals surface area contributed by atoms with Gasteiger partial charge in [0.05, 0.1) is 5.69 Å². The van der Waals surface area contributed by atoms with Gasteiger partial charge in [0.1, 0.15) is 12.3 Å². The van der Waals surface area contributed by atoms with Crippen LogP contribution in [-0.4, -0.2) is 55.0 Å². The van der Waals surface area contributed by atoms with Gasteiger partial charge in [0.2, 0.25) is 5.91 Å². The lowest BCUT2D eigenvalue weighted by atomic mass is 10.0. The van der Waals surface area contributed by atoms with Crippen molar-refractivity contribution >= 4 is 17.5 Å². The van der Waals surface area contributed by atoms with Gasteiger partial charge in [0.15, 0.2) is 6.10 Å². The van der Waals surface area contributed by atoms with E-state index in [1.165, 1.54) is 19.3 Å². The van der Waals surface area contributed by atoms with E-state index in [1.807, 2.05) is 31.2 Å². The molecule has 0 aliphatic carbocycles. The van der Waals surface area contributed by atoms with Crippen LogP contribution >= 0.6 is 0 Å². The fourth-order valence-electron chi connectivity index (χ4n) is 3.90. The van der Waals surface area contributed by atoms with Crippen molar-refractivity contribution in [2.24, 2.45) is 0 Å². The molecule has 148 valence electrons. The van der Waals surface area contributed by atoms with E-state index in [9.17, 15) is 9.59 Å². The molecule has 0 saturated carbocycles. The van der Waals surface area contributed by atoms with Crippen molar-refractivity contribution in [2.45, 2.75) is 58.1 Å². The fourth-order valence-corrected chi connectivity index (χ4v) is 3.90. The van der Waals surface area contributed by atoms with E-state index in [2.05, 4.69) is 17.1 Å². The number of amides is 2. The number of anilines is 1. The Hall–Kier alpha value is -2.08. The molecule has 6 heteroatoms. The van der Waals surface area contributed by atoms with E-state index in [0.717, 1.165) is 19.5 Å². The van der Waals surface area contributed by atoms with Gasteiger partial charge < -0.3 is 15.0 Å². The second kappa shape index (κ2) is 9.22. The van der Waals surface area contributed by atoms with Crippen LogP contribution in [0.25, 0.3) is 0 Å². The van der Waals surface area contributed by atoms with Gasteiger partial charge in [0, 0.05) is 19.1 Å². The summed E-state index contributed by atoms with van der Waals surface area (Å²) in [6.45, 7) is 7.04. The standard InChI is InChI=1S/C21H31N3O3/c1-3-18-21(26)24(17-10-4-5-11-19(17)27-18)15-20(25)22-12-8-14-23-13-7-6-9-16(23)2/h4-5,10-11,16,18H,3,6-9,12-15H2,1-2H3,(H,22,25)/t16-,18+/m1/s1. The largest absolute Gasteiger partial charge is 0.478 e. The number of nitrogens with zero attached hydrogens (tertiary/aromatic N) is 2. The molecule has 1 aromatic carbocycles. The molecule has 2 heterocycles. The minimum Gasteiger partial charge on any atom is -0.478 e. The van der Waals surface area contributed by atoms with Crippen LogP contribution in [0.15, 0.2) is 24.3 Å². The molecule has 0 radical (unpaired) electrons. The summed E-state index contributed by atoms with van der Waals surface area (Å²) in [7, 11) is 0. The highest BCUT2D eigenvalue weighted by atomic mass is 16.5. The number of benzene rings is 1. The minimum atomic E-state index is -0.520. The second-order valence-electron chi connectivity index (χ2n) is 7.49. The molecule has 3 rings (SSSR count).